The highest BCUT2D eigenvalue weighted by atomic mass is 35.5. The molecule has 0 saturated heterocycles. The lowest BCUT2D eigenvalue weighted by molar-refractivity contribution is 0.492. The van der Waals surface area contributed by atoms with Crippen molar-refractivity contribution < 1.29 is 0 Å². The standard InChI is InChI=1S/C14H22ClN5/c1-5-7-16-12(13-6-8-17-19(13)3)9-11-10(2)18-20(4)14(11)15/h6,8,12,16H,5,7,9H2,1-4H3. The van der Waals surface area contributed by atoms with Gasteiger partial charge in [-0.05, 0) is 32.4 Å². The summed E-state index contributed by atoms with van der Waals surface area (Å²) in [6.07, 6.45) is 3.74. The van der Waals surface area contributed by atoms with Gasteiger partial charge in [0.2, 0.25) is 0 Å². The van der Waals surface area contributed by atoms with Gasteiger partial charge in [0.1, 0.15) is 5.15 Å². The summed E-state index contributed by atoms with van der Waals surface area (Å²) in [4.78, 5) is 0. The van der Waals surface area contributed by atoms with Crippen molar-refractivity contribution in [1.29, 1.82) is 0 Å². The molecule has 1 N–H and O–H groups in total. The Labute approximate surface area is 124 Å². The minimum absolute atomic E-state index is 0.197. The third kappa shape index (κ3) is 3.04. The molecule has 110 valence electrons. The maximum absolute atomic E-state index is 6.34. The zero-order chi connectivity index (χ0) is 14.7. The monoisotopic (exact) mass is 295 g/mol. The van der Waals surface area contributed by atoms with Gasteiger partial charge in [-0.1, -0.05) is 18.5 Å². The minimum atomic E-state index is 0.197. The van der Waals surface area contributed by atoms with Gasteiger partial charge in [-0.25, -0.2) is 0 Å². The van der Waals surface area contributed by atoms with Crippen LogP contribution in [0.15, 0.2) is 12.3 Å². The number of aromatic nitrogens is 4. The summed E-state index contributed by atoms with van der Waals surface area (Å²) >= 11 is 6.34. The van der Waals surface area contributed by atoms with E-state index in [0.29, 0.717) is 5.15 Å². The molecule has 0 aliphatic rings. The molecule has 0 fully saturated rings. The number of nitrogens with one attached hydrogen (secondary N) is 1. The molecule has 1 unspecified atom stereocenters. The first-order valence-electron chi connectivity index (χ1n) is 6.93. The molecule has 0 saturated carbocycles. The Balaban J connectivity index is 2.26. The maximum Gasteiger partial charge on any atom is 0.130 e. The van der Waals surface area contributed by atoms with Crippen molar-refractivity contribution in [1.82, 2.24) is 24.9 Å². The molecule has 0 radical (unpaired) electrons. The van der Waals surface area contributed by atoms with Crippen molar-refractivity contribution in [2.24, 2.45) is 14.1 Å². The van der Waals surface area contributed by atoms with E-state index in [1.54, 1.807) is 4.68 Å². The summed E-state index contributed by atoms with van der Waals surface area (Å²) < 4.78 is 3.64. The Morgan fingerprint density at radius 2 is 2.10 bits per heavy atom. The van der Waals surface area contributed by atoms with Crippen LogP contribution in [0.5, 0.6) is 0 Å². The van der Waals surface area contributed by atoms with Gasteiger partial charge in [-0.15, -0.1) is 0 Å². The smallest absolute Gasteiger partial charge is 0.130 e. The minimum Gasteiger partial charge on any atom is -0.308 e. The second kappa shape index (κ2) is 6.41. The molecule has 2 heterocycles. The molecule has 2 aromatic heterocycles. The largest absolute Gasteiger partial charge is 0.308 e. The van der Waals surface area contributed by atoms with Crippen LogP contribution < -0.4 is 5.32 Å². The summed E-state index contributed by atoms with van der Waals surface area (Å²) in [5.74, 6) is 0. The van der Waals surface area contributed by atoms with E-state index >= 15 is 0 Å². The number of halogens is 1. The highest BCUT2D eigenvalue weighted by Crippen LogP contribution is 2.25. The molecule has 0 bridgehead atoms. The van der Waals surface area contributed by atoms with E-state index in [-0.39, 0.29) is 6.04 Å². The van der Waals surface area contributed by atoms with E-state index in [1.165, 1.54) is 0 Å². The van der Waals surface area contributed by atoms with Crippen LogP contribution in [0.2, 0.25) is 5.15 Å². The Bertz CT molecular complexity index is 572. The normalized spacial score (nSPS) is 12.8. The van der Waals surface area contributed by atoms with Crippen molar-refractivity contribution >= 4 is 11.6 Å². The highest BCUT2D eigenvalue weighted by Gasteiger charge is 2.20. The molecule has 6 heteroatoms. The molecule has 2 aromatic rings. The van der Waals surface area contributed by atoms with Crippen LogP contribution in [0.4, 0.5) is 0 Å². The molecule has 0 spiro atoms. The Hall–Kier alpha value is -1.33. The van der Waals surface area contributed by atoms with Gasteiger partial charge < -0.3 is 5.32 Å². The quantitative estimate of drug-likeness (QED) is 0.890. The van der Waals surface area contributed by atoms with Crippen LogP contribution >= 0.6 is 11.6 Å². The van der Waals surface area contributed by atoms with E-state index in [0.717, 1.165) is 36.3 Å². The third-order valence-corrected chi connectivity index (χ3v) is 4.01. The fourth-order valence-corrected chi connectivity index (χ4v) is 2.69. The van der Waals surface area contributed by atoms with E-state index in [9.17, 15) is 0 Å². The molecule has 20 heavy (non-hydrogen) atoms. The van der Waals surface area contributed by atoms with Gasteiger partial charge in [-0.3, -0.25) is 9.36 Å². The van der Waals surface area contributed by atoms with Gasteiger partial charge in [0, 0.05) is 25.9 Å². The van der Waals surface area contributed by atoms with Crippen LogP contribution in [-0.4, -0.2) is 26.1 Å². The number of nitrogens with zero attached hydrogens (tertiary/aromatic N) is 4. The molecule has 0 aromatic carbocycles. The topological polar surface area (TPSA) is 47.7 Å². The van der Waals surface area contributed by atoms with E-state index < -0.39 is 0 Å². The zero-order valence-electron chi connectivity index (χ0n) is 12.5. The van der Waals surface area contributed by atoms with Gasteiger partial charge in [0.15, 0.2) is 0 Å². The Morgan fingerprint density at radius 1 is 1.35 bits per heavy atom. The van der Waals surface area contributed by atoms with Gasteiger partial charge in [-0.2, -0.15) is 10.2 Å². The first-order valence-corrected chi connectivity index (χ1v) is 7.31. The zero-order valence-corrected chi connectivity index (χ0v) is 13.3. The Kier molecular flexibility index (Phi) is 4.83. The van der Waals surface area contributed by atoms with Crippen molar-refractivity contribution in [3.05, 3.63) is 34.4 Å². The van der Waals surface area contributed by atoms with Crippen LogP contribution in [0.1, 0.15) is 36.3 Å². The molecule has 2 rings (SSSR count). The molecule has 5 nitrogen and oxygen atoms in total. The van der Waals surface area contributed by atoms with Crippen molar-refractivity contribution in [3.63, 3.8) is 0 Å². The number of aryl methyl sites for hydroxylation is 3. The fraction of sp³-hybridized carbons (Fsp3) is 0.571. The van der Waals surface area contributed by atoms with Crippen LogP contribution in [-0.2, 0) is 20.5 Å². The van der Waals surface area contributed by atoms with E-state index in [2.05, 4.69) is 22.4 Å². The number of hydrogen-bond donors (Lipinski definition) is 1. The predicted molar refractivity (Wildman–Crippen MR) is 80.9 cm³/mol. The fourth-order valence-electron chi connectivity index (χ4n) is 2.44. The van der Waals surface area contributed by atoms with Crippen LogP contribution in [0.25, 0.3) is 0 Å². The lowest BCUT2D eigenvalue weighted by Crippen LogP contribution is -2.26. The average molecular weight is 296 g/mol. The molecular weight excluding hydrogens is 274 g/mol. The first kappa shape index (κ1) is 15.1. The lowest BCUT2D eigenvalue weighted by atomic mass is 10.0. The predicted octanol–water partition coefficient (Wildman–Crippen LogP) is 2.40. The summed E-state index contributed by atoms with van der Waals surface area (Å²) in [6, 6.07) is 2.25. The van der Waals surface area contributed by atoms with Gasteiger partial charge >= 0.3 is 0 Å². The molecule has 0 amide bonds. The Morgan fingerprint density at radius 3 is 2.60 bits per heavy atom. The van der Waals surface area contributed by atoms with E-state index in [4.69, 9.17) is 11.6 Å². The molecular formula is C14H22ClN5. The molecule has 0 aliphatic carbocycles. The van der Waals surface area contributed by atoms with Gasteiger partial charge in [0.05, 0.1) is 17.4 Å². The van der Waals surface area contributed by atoms with Crippen molar-refractivity contribution in [2.45, 2.75) is 32.7 Å². The summed E-state index contributed by atoms with van der Waals surface area (Å²) in [7, 11) is 3.84. The third-order valence-electron chi connectivity index (χ3n) is 3.53. The second-order valence-corrected chi connectivity index (χ2v) is 5.43. The SMILES string of the molecule is CCCNC(Cc1c(C)nn(C)c1Cl)c1ccnn1C. The number of rotatable bonds is 6. The lowest BCUT2D eigenvalue weighted by Gasteiger charge is -2.19. The highest BCUT2D eigenvalue weighted by molar-refractivity contribution is 6.30. The number of hydrogen-bond acceptors (Lipinski definition) is 3. The van der Waals surface area contributed by atoms with Crippen LogP contribution in [0.3, 0.4) is 0 Å². The van der Waals surface area contributed by atoms with Crippen molar-refractivity contribution in [2.75, 3.05) is 6.54 Å². The van der Waals surface area contributed by atoms with Crippen LogP contribution in [0, 0.1) is 6.92 Å². The molecule has 1 atom stereocenters. The summed E-state index contributed by atoms with van der Waals surface area (Å²) in [5.41, 5.74) is 3.25. The molecule has 0 aliphatic heterocycles. The first-order chi connectivity index (χ1) is 9.54. The maximum atomic E-state index is 6.34. The average Bonchev–Trinajstić information content (AvgIpc) is 2.93. The van der Waals surface area contributed by atoms with Gasteiger partial charge in [0.25, 0.3) is 0 Å². The second-order valence-electron chi connectivity index (χ2n) is 5.07. The van der Waals surface area contributed by atoms with Crippen molar-refractivity contribution in [3.8, 4) is 0 Å². The van der Waals surface area contributed by atoms with E-state index in [1.807, 2.05) is 38.0 Å². The summed E-state index contributed by atoms with van der Waals surface area (Å²) in [6.45, 7) is 5.13. The summed E-state index contributed by atoms with van der Waals surface area (Å²) in [5, 5.41) is 12.9.